The Morgan fingerprint density at radius 1 is 1.24 bits per heavy atom. The Morgan fingerprint density at radius 3 is 2.85 bits per heavy atom. The minimum Gasteiger partial charge on any atom is -0.488 e. The first-order valence-electron chi connectivity index (χ1n) is 10.6. The molecule has 1 aliphatic heterocycles. The van der Waals surface area contributed by atoms with Crippen molar-refractivity contribution in [1.29, 1.82) is 0 Å². The fourth-order valence-electron chi connectivity index (χ4n) is 3.87. The van der Waals surface area contributed by atoms with Gasteiger partial charge in [-0.25, -0.2) is 4.39 Å². The summed E-state index contributed by atoms with van der Waals surface area (Å²) in [5.74, 6) is -0.742. The third-order valence-electron chi connectivity index (χ3n) is 5.56. The Labute approximate surface area is 195 Å². The molecule has 3 heterocycles. The van der Waals surface area contributed by atoms with Gasteiger partial charge in [0.15, 0.2) is 17.3 Å². The zero-order chi connectivity index (χ0) is 23.2. The Kier molecular flexibility index (Phi) is 7.41. The molecule has 0 saturated heterocycles. The molecule has 0 radical (unpaired) electrons. The van der Waals surface area contributed by atoms with Crippen LogP contribution in [0.3, 0.4) is 0 Å². The molecule has 0 fully saturated rings. The third kappa shape index (κ3) is 5.26. The van der Waals surface area contributed by atoms with Crippen LogP contribution in [0.15, 0.2) is 58.5 Å². The van der Waals surface area contributed by atoms with Gasteiger partial charge in [0.2, 0.25) is 5.91 Å². The Hall–Kier alpha value is -3.17. The summed E-state index contributed by atoms with van der Waals surface area (Å²) in [5, 5.41) is 1.99. The molecular weight excluding hydrogens is 447 g/mol. The SMILES string of the molecule is COCCN(CC(=O)N1CCc2sccc2C1COc1ccccc1F)C(=O)c1ccco1. The number of para-hydroxylation sites is 1. The summed E-state index contributed by atoms with van der Waals surface area (Å²) < 4.78 is 30.2. The van der Waals surface area contributed by atoms with E-state index in [1.807, 2.05) is 11.4 Å². The van der Waals surface area contributed by atoms with Gasteiger partial charge in [0, 0.05) is 25.1 Å². The summed E-state index contributed by atoms with van der Waals surface area (Å²) in [6.45, 7) is 1.01. The molecule has 4 rings (SSSR count). The first-order valence-corrected chi connectivity index (χ1v) is 11.5. The first kappa shape index (κ1) is 23.0. The van der Waals surface area contributed by atoms with Crippen molar-refractivity contribution in [2.45, 2.75) is 12.5 Å². The second-order valence-corrected chi connectivity index (χ2v) is 8.59. The second kappa shape index (κ2) is 10.6. The normalized spacial score (nSPS) is 15.2. The lowest BCUT2D eigenvalue weighted by Gasteiger charge is -2.37. The van der Waals surface area contributed by atoms with Gasteiger partial charge in [0.25, 0.3) is 5.91 Å². The van der Waals surface area contributed by atoms with Gasteiger partial charge < -0.3 is 23.7 Å². The number of rotatable bonds is 9. The summed E-state index contributed by atoms with van der Waals surface area (Å²) in [4.78, 5) is 30.6. The predicted molar refractivity (Wildman–Crippen MR) is 121 cm³/mol. The van der Waals surface area contributed by atoms with Gasteiger partial charge in [0.05, 0.1) is 18.9 Å². The summed E-state index contributed by atoms with van der Waals surface area (Å²) in [6, 6.07) is 11.0. The number of methoxy groups -OCH3 is 1. The van der Waals surface area contributed by atoms with Crippen LogP contribution < -0.4 is 4.74 Å². The molecule has 2 amide bonds. The number of nitrogens with zero attached hydrogens (tertiary/aromatic N) is 2. The number of thiophene rings is 1. The third-order valence-corrected chi connectivity index (χ3v) is 6.56. The molecule has 33 heavy (non-hydrogen) atoms. The van der Waals surface area contributed by atoms with Crippen LogP contribution in [0.2, 0.25) is 0 Å². The molecule has 1 unspecified atom stereocenters. The largest absolute Gasteiger partial charge is 0.488 e. The molecule has 1 aromatic carbocycles. The number of hydrogen-bond acceptors (Lipinski definition) is 6. The molecule has 2 aromatic heterocycles. The zero-order valence-electron chi connectivity index (χ0n) is 18.2. The van der Waals surface area contributed by atoms with E-state index >= 15 is 0 Å². The summed E-state index contributed by atoms with van der Waals surface area (Å²) in [7, 11) is 1.54. The maximum atomic E-state index is 14.1. The van der Waals surface area contributed by atoms with Crippen molar-refractivity contribution in [1.82, 2.24) is 9.80 Å². The Morgan fingerprint density at radius 2 is 2.09 bits per heavy atom. The van der Waals surface area contributed by atoms with E-state index in [1.54, 1.807) is 46.6 Å². The van der Waals surface area contributed by atoms with Gasteiger partial charge in [-0.05, 0) is 47.7 Å². The Bertz CT molecular complexity index is 1080. The smallest absolute Gasteiger partial charge is 0.290 e. The summed E-state index contributed by atoms with van der Waals surface area (Å²) in [5.41, 5.74) is 0.997. The lowest BCUT2D eigenvalue weighted by molar-refractivity contribution is -0.135. The van der Waals surface area contributed by atoms with E-state index in [0.29, 0.717) is 6.54 Å². The van der Waals surface area contributed by atoms with E-state index in [-0.39, 0.29) is 55.7 Å². The topological polar surface area (TPSA) is 72.2 Å². The number of halogens is 1. The molecule has 174 valence electrons. The van der Waals surface area contributed by atoms with Crippen LogP contribution >= 0.6 is 11.3 Å². The van der Waals surface area contributed by atoms with Crippen molar-refractivity contribution in [3.8, 4) is 5.75 Å². The van der Waals surface area contributed by atoms with Crippen LogP contribution in [0, 0.1) is 5.82 Å². The van der Waals surface area contributed by atoms with E-state index in [2.05, 4.69) is 0 Å². The lowest BCUT2D eigenvalue weighted by atomic mass is 10.0. The van der Waals surface area contributed by atoms with Gasteiger partial charge in [-0.1, -0.05) is 12.1 Å². The highest BCUT2D eigenvalue weighted by atomic mass is 32.1. The highest BCUT2D eigenvalue weighted by Gasteiger charge is 2.34. The number of amides is 2. The maximum absolute atomic E-state index is 14.1. The van der Waals surface area contributed by atoms with Crippen LogP contribution in [0.4, 0.5) is 4.39 Å². The standard InChI is InChI=1S/C24H25FN2O5S/c1-30-13-11-26(24(29)21-7-4-12-31-21)15-23(28)27-10-8-22-17(9-14-33-22)19(27)16-32-20-6-3-2-5-18(20)25/h2-7,9,12,14,19H,8,10-11,13,15-16H2,1H3. The summed E-state index contributed by atoms with van der Waals surface area (Å²) >= 11 is 1.63. The fourth-order valence-corrected chi connectivity index (χ4v) is 4.80. The Balaban J connectivity index is 1.52. The highest BCUT2D eigenvalue weighted by molar-refractivity contribution is 7.10. The molecule has 0 N–H and O–H groups in total. The van der Waals surface area contributed by atoms with Gasteiger partial charge in [-0.15, -0.1) is 11.3 Å². The average Bonchev–Trinajstić information content (AvgIpc) is 3.52. The van der Waals surface area contributed by atoms with Gasteiger partial charge >= 0.3 is 0 Å². The molecule has 9 heteroatoms. The molecule has 7 nitrogen and oxygen atoms in total. The second-order valence-electron chi connectivity index (χ2n) is 7.59. The number of benzene rings is 1. The van der Waals surface area contributed by atoms with Crippen molar-refractivity contribution in [3.05, 3.63) is 76.1 Å². The summed E-state index contributed by atoms with van der Waals surface area (Å²) in [6.07, 6.45) is 2.14. The fraction of sp³-hybridized carbons (Fsp3) is 0.333. The highest BCUT2D eigenvalue weighted by Crippen LogP contribution is 2.34. The van der Waals surface area contributed by atoms with Crippen molar-refractivity contribution >= 4 is 23.2 Å². The van der Waals surface area contributed by atoms with E-state index in [4.69, 9.17) is 13.9 Å². The minimum absolute atomic E-state index is 0.112. The molecule has 0 spiro atoms. The van der Waals surface area contributed by atoms with E-state index in [1.165, 1.54) is 29.2 Å². The van der Waals surface area contributed by atoms with Crippen molar-refractivity contribution in [3.63, 3.8) is 0 Å². The molecular formula is C24H25FN2O5S. The zero-order valence-corrected chi connectivity index (χ0v) is 19.1. The molecule has 0 aliphatic carbocycles. The predicted octanol–water partition coefficient (Wildman–Crippen LogP) is 3.77. The monoisotopic (exact) mass is 472 g/mol. The van der Waals surface area contributed by atoms with Gasteiger partial charge in [-0.3, -0.25) is 9.59 Å². The number of furan rings is 1. The van der Waals surface area contributed by atoms with E-state index < -0.39 is 5.82 Å². The van der Waals surface area contributed by atoms with Crippen LogP contribution in [0.5, 0.6) is 5.75 Å². The number of carbonyl (C=O) groups is 2. The number of carbonyl (C=O) groups excluding carboxylic acids is 2. The molecule has 1 atom stereocenters. The van der Waals surface area contributed by atoms with Gasteiger partial charge in [0.1, 0.15) is 13.2 Å². The van der Waals surface area contributed by atoms with Crippen LogP contribution in [0.25, 0.3) is 0 Å². The average molecular weight is 473 g/mol. The van der Waals surface area contributed by atoms with Crippen molar-refractivity contribution in [2.75, 3.05) is 40.0 Å². The minimum atomic E-state index is -0.452. The molecule has 1 aliphatic rings. The van der Waals surface area contributed by atoms with Crippen LogP contribution in [-0.4, -0.2) is 61.6 Å². The quantitative estimate of drug-likeness (QED) is 0.474. The number of hydrogen-bond donors (Lipinski definition) is 0. The molecule has 0 bridgehead atoms. The molecule has 3 aromatic rings. The maximum Gasteiger partial charge on any atom is 0.290 e. The van der Waals surface area contributed by atoms with Crippen molar-refractivity contribution < 1.29 is 27.9 Å². The number of ether oxygens (including phenoxy) is 2. The first-order chi connectivity index (χ1) is 16.1. The van der Waals surface area contributed by atoms with E-state index in [0.717, 1.165) is 12.0 Å². The van der Waals surface area contributed by atoms with Gasteiger partial charge in [-0.2, -0.15) is 0 Å². The number of fused-ring (bicyclic) bond motifs is 1. The van der Waals surface area contributed by atoms with Crippen LogP contribution in [0.1, 0.15) is 27.0 Å². The van der Waals surface area contributed by atoms with Crippen molar-refractivity contribution in [2.24, 2.45) is 0 Å². The van der Waals surface area contributed by atoms with E-state index in [9.17, 15) is 14.0 Å². The lowest BCUT2D eigenvalue weighted by Crippen LogP contribution is -2.48. The molecule has 0 saturated carbocycles. The van der Waals surface area contributed by atoms with Crippen LogP contribution in [-0.2, 0) is 16.0 Å².